The van der Waals surface area contributed by atoms with Gasteiger partial charge in [0, 0.05) is 42.4 Å². The number of fused-ring (bicyclic) bond motifs is 1. The van der Waals surface area contributed by atoms with Crippen LogP contribution in [0.2, 0.25) is 0 Å². The SMILES string of the molecule is CN(C)C(=O)c1cc2cnc([S+](C)[O-])nc2n1C12CC(C1)C2. The summed E-state index contributed by atoms with van der Waals surface area (Å²) in [6, 6.07) is 1.86. The molecule has 3 saturated carbocycles. The summed E-state index contributed by atoms with van der Waals surface area (Å²) in [4.78, 5) is 22.8. The molecule has 1 amide bonds. The molecule has 0 aliphatic heterocycles. The van der Waals surface area contributed by atoms with Crippen molar-refractivity contribution in [2.45, 2.75) is 30.0 Å². The molecule has 3 fully saturated rings. The van der Waals surface area contributed by atoms with Gasteiger partial charge in [-0.25, -0.2) is 0 Å². The normalized spacial score (nSPS) is 27.2. The molecular weight excluding hydrogens is 300 g/mol. The van der Waals surface area contributed by atoms with E-state index < -0.39 is 11.2 Å². The fraction of sp³-hybridized carbons (Fsp3) is 0.533. The van der Waals surface area contributed by atoms with Crippen molar-refractivity contribution >= 4 is 28.1 Å². The van der Waals surface area contributed by atoms with Crippen molar-refractivity contribution in [2.75, 3.05) is 20.4 Å². The average molecular weight is 318 g/mol. The van der Waals surface area contributed by atoms with Crippen LogP contribution in [0.25, 0.3) is 11.0 Å². The first-order chi connectivity index (χ1) is 10.4. The van der Waals surface area contributed by atoms with Crippen LogP contribution >= 0.6 is 0 Å². The van der Waals surface area contributed by atoms with Crippen molar-refractivity contribution in [3.05, 3.63) is 18.0 Å². The Kier molecular flexibility index (Phi) is 2.84. The number of hydrogen-bond donors (Lipinski definition) is 0. The van der Waals surface area contributed by atoms with Gasteiger partial charge in [0.2, 0.25) is 0 Å². The first-order valence-electron chi connectivity index (χ1n) is 7.35. The second-order valence-electron chi connectivity index (χ2n) is 6.65. The summed E-state index contributed by atoms with van der Waals surface area (Å²) in [7, 11) is 3.51. The molecule has 6 nitrogen and oxygen atoms in total. The first-order valence-corrected chi connectivity index (χ1v) is 8.91. The summed E-state index contributed by atoms with van der Waals surface area (Å²) in [5.41, 5.74) is 1.43. The lowest BCUT2D eigenvalue weighted by molar-refractivity contribution is -0.0870. The van der Waals surface area contributed by atoms with E-state index in [1.807, 2.05) is 6.07 Å². The number of rotatable bonds is 3. The molecule has 116 valence electrons. The Morgan fingerprint density at radius 2 is 2.14 bits per heavy atom. The largest absolute Gasteiger partial charge is 0.609 e. The lowest BCUT2D eigenvalue weighted by Gasteiger charge is -2.62. The minimum Gasteiger partial charge on any atom is -0.609 e. The topological polar surface area (TPSA) is 74.1 Å². The van der Waals surface area contributed by atoms with Gasteiger partial charge in [0.15, 0.2) is 0 Å². The predicted octanol–water partition coefficient (Wildman–Crippen LogP) is 1.38. The highest BCUT2D eigenvalue weighted by atomic mass is 32.2. The van der Waals surface area contributed by atoms with Crippen LogP contribution in [0.15, 0.2) is 17.4 Å². The van der Waals surface area contributed by atoms with Crippen molar-refractivity contribution in [3.63, 3.8) is 0 Å². The minimum absolute atomic E-state index is 0.0260. The third-order valence-electron chi connectivity index (χ3n) is 4.88. The van der Waals surface area contributed by atoms with Crippen molar-refractivity contribution < 1.29 is 9.35 Å². The van der Waals surface area contributed by atoms with Gasteiger partial charge in [-0.3, -0.25) is 4.79 Å². The monoisotopic (exact) mass is 318 g/mol. The Hall–Kier alpha value is -1.60. The van der Waals surface area contributed by atoms with E-state index in [2.05, 4.69) is 14.5 Å². The third kappa shape index (κ3) is 1.75. The Morgan fingerprint density at radius 1 is 1.45 bits per heavy atom. The maximum absolute atomic E-state index is 12.6. The molecule has 2 heterocycles. The standard InChI is InChI=1S/C15H18N4O2S/c1-18(2)13(20)11-4-10-8-16-14(22(3)21)17-12(10)19(11)15-5-9(6-15)7-15/h4,8-9H,5-7H2,1-3H3. The molecule has 2 aromatic rings. The van der Waals surface area contributed by atoms with Crippen molar-refractivity contribution in [1.29, 1.82) is 0 Å². The van der Waals surface area contributed by atoms with Gasteiger partial charge in [-0.05, 0) is 31.2 Å². The fourth-order valence-corrected chi connectivity index (χ4v) is 4.10. The van der Waals surface area contributed by atoms with Crippen LogP contribution in [0.5, 0.6) is 0 Å². The van der Waals surface area contributed by atoms with Gasteiger partial charge < -0.3 is 14.0 Å². The molecule has 3 aliphatic rings. The first kappa shape index (κ1) is 14.0. The molecule has 7 heteroatoms. The van der Waals surface area contributed by atoms with E-state index in [1.54, 1.807) is 31.4 Å². The second kappa shape index (κ2) is 4.45. The van der Waals surface area contributed by atoms with E-state index in [4.69, 9.17) is 0 Å². The summed E-state index contributed by atoms with van der Waals surface area (Å²) >= 11 is -1.23. The number of carbonyl (C=O) groups excluding carboxylic acids is 1. The zero-order valence-corrected chi connectivity index (χ0v) is 13.7. The van der Waals surface area contributed by atoms with E-state index >= 15 is 0 Å². The molecular formula is C15H18N4O2S. The smallest absolute Gasteiger partial charge is 0.344 e. The summed E-state index contributed by atoms with van der Waals surface area (Å²) in [5, 5.41) is 1.16. The Labute approximate surface area is 131 Å². The molecule has 22 heavy (non-hydrogen) atoms. The maximum atomic E-state index is 12.6. The van der Waals surface area contributed by atoms with E-state index in [0.29, 0.717) is 10.9 Å². The van der Waals surface area contributed by atoms with E-state index in [-0.39, 0.29) is 11.4 Å². The van der Waals surface area contributed by atoms with Gasteiger partial charge in [0.1, 0.15) is 17.6 Å². The lowest BCUT2D eigenvalue weighted by Crippen LogP contribution is -2.60. The summed E-state index contributed by atoms with van der Waals surface area (Å²) in [6.45, 7) is 0. The zero-order valence-electron chi connectivity index (χ0n) is 12.9. The van der Waals surface area contributed by atoms with Crippen molar-refractivity contribution in [1.82, 2.24) is 19.4 Å². The van der Waals surface area contributed by atoms with Gasteiger partial charge in [-0.1, -0.05) is 0 Å². The Balaban J connectivity index is 1.95. The Bertz CT molecular complexity index is 766. The third-order valence-corrected chi connectivity index (χ3v) is 5.59. The highest BCUT2D eigenvalue weighted by Crippen LogP contribution is 2.63. The van der Waals surface area contributed by atoms with Crippen LogP contribution < -0.4 is 0 Å². The van der Waals surface area contributed by atoms with Crippen LogP contribution in [0.3, 0.4) is 0 Å². The van der Waals surface area contributed by atoms with Crippen molar-refractivity contribution in [2.24, 2.45) is 5.92 Å². The molecule has 0 saturated heterocycles. The lowest BCUT2D eigenvalue weighted by atomic mass is 9.49. The van der Waals surface area contributed by atoms with Gasteiger partial charge in [0.05, 0.1) is 0 Å². The Morgan fingerprint density at radius 3 is 2.64 bits per heavy atom. The van der Waals surface area contributed by atoms with Gasteiger partial charge in [0.25, 0.3) is 5.91 Å². The van der Waals surface area contributed by atoms with Crippen LogP contribution in [-0.4, -0.2) is 50.2 Å². The van der Waals surface area contributed by atoms with E-state index in [0.717, 1.165) is 36.2 Å². The molecule has 0 aromatic carbocycles. The molecule has 2 bridgehead atoms. The van der Waals surface area contributed by atoms with Crippen LogP contribution in [0, 0.1) is 5.92 Å². The highest BCUT2D eigenvalue weighted by Gasteiger charge is 2.59. The average Bonchev–Trinajstić information content (AvgIpc) is 2.73. The fourth-order valence-electron chi connectivity index (χ4n) is 3.69. The van der Waals surface area contributed by atoms with Gasteiger partial charge in [-0.2, -0.15) is 9.97 Å². The van der Waals surface area contributed by atoms with Crippen LogP contribution in [0.1, 0.15) is 29.8 Å². The number of nitrogens with zero attached hydrogens (tertiary/aromatic N) is 4. The van der Waals surface area contributed by atoms with Gasteiger partial charge >= 0.3 is 5.16 Å². The number of aromatic nitrogens is 3. The van der Waals surface area contributed by atoms with Gasteiger partial charge in [-0.15, -0.1) is 0 Å². The predicted molar refractivity (Wildman–Crippen MR) is 83.2 cm³/mol. The molecule has 5 rings (SSSR count). The highest BCUT2D eigenvalue weighted by molar-refractivity contribution is 7.90. The molecule has 2 aromatic heterocycles. The maximum Gasteiger partial charge on any atom is 0.344 e. The van der Waals surface area contributed by atoms with E-state index in [1.165, 1.54) is 0 Å². The quantitative estimate of drug-likeness (QED) is 0.633. The summed E-state index contributed by atoms with van der Waals surface area (Å²) in [5.74, 6) is 0.767. The molecule has 1 atom stereocenters. The summed E-state index contributed by atoms with van der Waals surface area (Å²) < 4.78 is 13.8. The summed E-state index contributed by atoms with van der Waals surface area (Å²) in [6.07, 6.45) is 6.58. The molecule has 3 aliphatic carbocycles. The number of hydrogen-bond acceptors (Lipinski definition) is 4. The minimum atomic E-state index is -1.23. The van der Waals surface area contributed by atoms with Crippen LogP contribution in [0.4, 0.5) is 0 Å². The molecule has 1 unspecified atom stereocenters. The molecule has 0 N–H and O–H groups in total. The molecule has 0 radical (unpaired) electrons. The van der Waals surface area contributed by atoms with E-state index in [9.17, 15) is 9.35 Å². The van der Waals surface area contributed by atoms with Crippen LogP contribution in [-0.2, 0) is 16.7 Å². The molecule has 0 spiro atoms. The zero-order chi connectivity index (χ0) is 15.6. The van der Waals surface area contributed by atoms with Crippen molar-refractivity contribution in [3.8, 4) is 0 Å². The second-order valence-corrected chi connectivity index (χ2v) is 7.93. The number of amides is 1. The number of carbonyl (C=O) groups is 1.